The summed E-state index contributed by atoms with van der Waals surface area (Å²) in [4.78, 5) is 15.3. The fourth-order valence-corrected chi connectivity index (χ4v) is 4.32. The Kier molecular flexibility index (Phi) is 6.66. The van der Waals surface area contributed by atoms with Crippen molar-refractivity contribution in [2.24, 2.45) is 0 Å². The van der Waals surface area contributed by atoms with Crippen molar-refractivity contribution >= 4 is 22.0 Å². The minimum absolute atomic E-state index is 0.0286. The molecule has 2 aromatic rings. The molecule has 1 N–H and O–H groups in total. The Morgan fingerprint density at radius 1 is 1.11 bits per heavy atom. The van der Waals surface area contributed by atoms with Crippen LogP contribution in [0.15, 0.2) is 58.6 Å². The maximum absolute atomic E-state index is 12.5. The number of carbonyl (C=O) groups excluding carboxylic acids is 1. The van der Waals surface area contributed by atoms with E-state index in [1.54, 1.807) is 17.2 Å². The quantitative estimate of drug-likeness (QED) is 0.727. The summed E-state index contributed by atoms with van der Waals surface area (Å²) >= 11 is 0. The lowest BCUT2D eigenvalue weighted by molar-refractivity contribution is -0.886. The van der Waals surface area contributed by atoms with Gasteiger partial charge in [-0.05, 0) is 23.8 Å². The summed E-state index contributed by atoms with van der Waals surface area (Å²) in [5, 5.41) is 1.24. The smallest absolute Gasteiger partial charge is 0.277 e. The molecule has 1 atom stereocenters. The summed E-state index contributed by atoms with van der Waals surface area (Å²) in [6.07, 6.45) is 3.22. The van der Waals surface area contributed by atoms with Crippen molar-refractivity contribution in [3.05, 3.63) is 65.5 Å². The van der Waals surface area contributed by atoms with Gasteiger partial charge in [-0.1, -0.05) is 30.3 Å². The van der Waals surface area contributed by atoms with Crippen molar-refractivity contribution in [3.8, 4) is 0 Å². The first kappa shape index (κ1) is 20.3. The minimum atomic E-state index is -3.49. The first-order valence-corrected chi connectivity index (χ1v) is 10.8. The number of sulfonamides is 1. The zero-order valence-electron chi connectivity index (χ0n) is 16.0. The van der Waals surface area contributed by atoms with E-state index in [0.717, 1.165) is 16.2 Å². The van der Waals surface area contributed by atoms with Crippen LogP contribution in [0, 0.1) is 0 Å². The molecular weight excluding hydrogens is 378 g/mol. The third kappa shape index (κ3) is 5.54. The molecule has 0 bridgehead atoms. The van der Waals surface area contributed by atoms with Crippen LogP contribution in [0.1, 0.15) is 11.3 Å². The SMILES string of the molecule is C[NH+](CC(=O)N1CCN(S(=O)(=O)/C=C/c2ccccc2)CC1)Cc1ccco1. The lowest BCUT2D eigenvalue weighted by Gasteiger charge is -2.33. The van der Waals surface area contributed by atoms with E-state index >= 15 is 0 Å². The highest BCUT2D eigenvalue weighted by molar-refractivity contribution is 7.92. The number of piperazine rings is 1. The van der Waals surface area contributed by atoms with Gasteiger partial charge in [0.1, 0.15) is 6.54 Å². The summed E-state index contributed by atoms with van der Waals surface area (Å²) in [5.41, 5.74) is 0.836. The predicted molar refractivity (Wildman–Crippen MR) is 107 cm³/mol. The minimum Gasteiger partial charge on any atom is -0.463 e. The Bertz CT molecular complexity index is 887. The number of hydrogen-bond acceptors (Lipinski definition) is 4. The van der Waals surface area contributed by atoms with Gasteiger partial charge >= 0.3 is 0 Å². The normalized spacial score (nSPS) is 17.1. The average Bonchev–Trinajstić information content (AvgIpc) is 3.20. The predicted octanol–water partition coefficient (Wildman–Crippen LogP) is 0.439. The van der Waals surface area contributed by atoms with Gasteiger partial charge in [-0.15, -0.1) is 0 Å². The third-order valence-corrected chi connectivity index (χ3v) is 6.26. The van der Waals surface area contributed by atoms with Gasteiger partial charge in [0.25, 0.3) is 5.91 Å². The number of nitrogens with one attached hydrogen (secondary N) is 1. The molecule has 150 valence electrons. The topological polar surface area (TPSA) is 75.3 Å². The lowest BCUT2D eigenvalue weighted by Crippen LogP contribution is -3.08. The van der Waals surface area contributed by atoms with Gasteiger partial charge in [-0.25, -0.2) is 8.42 Å². The molecule has 1 aliphatic rings. The number of rotatable bonds is 7. The van der Waals surface area contributed by atoms with Crippen molar-refractivity contribution in [1.82, 2.24) is 9.21 Å². The number of nitrogens with zero attached hydrogens (tertiary/aromatic N) is 2. The second kappa shape index (κ2) is 9.18. The van der Waals surface area contributed by atoms with Crippen LogP contribution < -0.4 is 4.90 Å². The summed E-state index contributed by atoms with van der Waals surface area (Å²) in [5.74, 6) is 0.868. The number of carbonyl (C=O) groups is 1. The van der Waals surface area contributed by atoms with E-state index in [4.69, 9.17) is 4.42 Å². The second-order valence-corrected chi connectivity index (χ2v) is 8.75. The first-order valence-electron chi connectivity index (χ1n) is 9.29. The molecule has 3 rings (SSSR count). The van der Waals surface area contributed by atoms with Crippen LogP contribution in [0.5, 0.6) is 0 Å². The molecule has 0 saturated carbocycles. The Labute approximate surface area is 165 Å². The van der Waals surface area contributed by atoms with Gasteiger partial charge in [0, 0.05) is 31.6 Å². The molecule has 1 unspecified atom stereocenters. The number of quaternary nitrogens is 1. The highest BCUT2D eigenvalue weighted by atomic mass is 32.2. The van der Waals surface area contributed by atoms with E-state index < -0.39 is 10.0 Å². The van der Waals surface area contributed by atoms with Crippen molar-refractivity contribution in [1.29, 1.82) is 0 Å². The monoisotopic (exact) mass is 404 g/mol. The molecule has 2 heterocycles. The van der Waals surface area contributed by atoms with Crippen LogP contribution in [0.25, 0.3) is 6.08 Å². The zero-order chi connectivity index (χ0) is 20.0. The van der Waals surface area contributed by atoms with E-state index in [2.05, 4.69) is 0 Å². The van der Waals surface area contributed by atoms with Crippen LogP contribution in [-0.2, 0) is 21.4 Å². The highest BCUT2D eigenvalue weighted by Gasteiger charge is 2.28. The number of amides is 1. The number of furan rings is 1. The summed E-state index contributed by atoms with van der Waals surface area (Å²) in [6.45, 7) is 2.42. The van der Waals surface area contributed by atoms with Gasteiger partial charge < -0.3 is 14.2 Å². The zero-order valence-corrected chi connectivity index (χ0v) is 16.8. The summed E-state index contributed by atoms with van der Waals surface area (Å²) in [6, 6.07) is 13.0. The molecule has 1 aromatic heterocycles. The molecule has 1 aliphatic heterocycles. The van der Waals surface area contributed by atoms with Crippen molar-refractivity contribution in [3.63, 3.8) is 0 Å². The van der Waals surface area contributed by atoms with Gasteiger partial charge in [0.05, 0.1) is 13.3 Å². The molecule has 28 heavy (non-hydrogen) atoms. The molecular formula is C20H26N3O4S+. The maximum Gasteiger partial charge on any atom is 0.277 e. The van der Waals surface area contributed by atoms with Gasteiger partial charge in [-0.2, -0.15) is 4.31 Å². The van der Waals surface area contributed by atoms with Gasteiger partial charge in [0.15, 0.2) is 12.3 Å². The first-order chi connectivity index (χ1) is 13.4. The summed E-state index contributed by atoms with van der Waals surface area (Å²) < 4.78 is 31.8. The van der Waals surface area contributed by atoms with E-state index in [1.165, 1.54) is 9.71 Å². The molecule has 0 spiro atoms. The fraction of sp³-hybridized carbons (Fsp3) is 0.350. The van der Waals surface area contributed by atoms with E-state index in [9.17, 15) is 13.2 Å². The van der Waals surface area contributed by atoms with E-state index in [0.29, 0.717) is 39.3 Å². The Morgan fingerprint density at radius 2 is 1.82 bits per heavy atom. The molecule has 0 aliphatic carbocycles. The third-order valence-electron chi connectivity index (χ3n) is 4.69. The van der Waals surface area contributed by atoms with Gasteiger partial charge in [0.2, 0.25) is 10.0 Å². The molecule has 1 saturated heterocycles. The molecule has 1 fully saturated rings. The largest absolute Gasteiger partial charge is 0.463 e. The molecule has 1 amide bonds. The van der Waals surface area contributed by atoms with E-state index in [-0.39, 0.29) is 5.91 Å². The summed E-state index contributed by atoms with van der Waals surface area (Å²) in [7, 11) is -1.55. The second-order valence-electron chi connectivity index (χ2n) is 6.93. The molecule has 7 nitrogen and oxygen atoms in total. The number of benzene rings is 1. The lowest BCUT2D eigenvalue weighted by atomic mass is 10.2. The van der Waals surface area contributed by atoms with Crippen molar-refractivity contribution in [2.75, 3.05) is 39.8 Å². The maximum atomic E-state index is 12.5. The molecule has 1 aromatic carbocycles. The standard InChI is InChI=1S/C20H25N3O4S/c1-21(16-19-8-5-14-27-19)17-20(24)22-10-12-23(13-11-22)28(25,26)15-9-18-6-3-2-4-7-18/h2-9,14-15H,10-13,16-17H2,1H3/p+1/b15-9+. The van der Waals surface area contributed by atoms with E-state index in [1.807, 2.05) is 49.5 Å². The Hall–Kier alpha value is -2.42. The van der Waals surface area contributed by atoms with Crippen LogP contribution in [0.4, 0.5) is 0 Å². The Balaban J connectivity index is 1.49. The van der Waals surface area contributed by atoms with Crippen LogP contribution in [0.2, 0.25) is 0 Å². The van der Waals surface area contributed by atoms with Crippen LogP contribution in [-0.4, -0.2) is 63.3 Å². The Morgan fingerprint density at radius 3 is 2.46 bits per heavy atom. The van der Waals surface area contributed by atoms with Crippen molar-refractivity contribution < 1.29 is 22.5 Å². The average molecular weight is 405 g/mol. The molecule has 8 heteroatoms. The number of hydrogen-bond donors (Lipinski definition) is 1. The molecule has 0 radical (unpaired) electrons. The fourth-order valence-electron chi connectivity index (χ4n) is 3.15. The van der Waals surface area contributed by atoms with Crippen molar-refractivity contribution in [2.45, 2.75) is 6.54 Å². The van der Waals surface area contributed by atoms with Crippen LogP contribution in [0.3, 0.4) is 0 Å². The van der Waals surface area contributed by atoms with Crippen LogP contribution >= 0.6 is 0 Å². The highest BCUT2D eigenvalue weighted by Crippen LogP contribution is 2.11. The van der Waals surface area contributed by atoms with Gasteiger partial charge in [-0.3, -0.25) is 4.79 Å². The number of likely N-dealkylation sites (N-methyl/N-ethyl adjacent to an activating group) is 1.